The Kier molecular flexibility index (Phi) is 5.26. The molecule has 26 heavy (non-hydrogen) atoms. The third-order valence-electron chi connectivity index (χ3n) is 3.74. The van der Waals surface area contributed by atoms with Crippen molar-refractivity contribution in [3.8, 4) is 11.6 Å². The van der Waals surface area contributed by atoms with Crippen LogP contribution in [0.1, 0.15) is 42.7 Å². The molecule has 2 aromatic heterocycles. The van der Waals surface area contributed by atoms with Crippen LogP contribution in [-0.2, 0) is 0 Å². The Bertz CT molecular complexity index is 877. The average molecular weight is 351 g/mol. The lowest BCUT2D eigenvalue weighted by Gasteiger charge is -2.17. The Labute approximate surface area is 152 Å². The molecular formula is C19H21N5O2. The zero-order valence-electron chi connectivity index (χ0n) is 15.0. The van der Waals surface area contributed by atoms with Crippen LogP contribution in [0.5, 0.6) is 5.75 Å². The monoisotopic (exact) mass is 351 g/mol. The van der Waals surface area contributed by atoms with E-state index in [0.29, 0.717) is 11.4 Å². The summed E-state index contributed by atoms with van der Waals surface area (Å²) in [6.45, 7) is 5.90. The molecule has 3 aromatic rings. The van der Waals surface area contributed by atoms with E-state index in [4.69, 9.17) is 4.74 Å². The van der Waals surface area contributed by atoms with Gasteiger partial charge in [0.2, 0.25) is 0 Å². The predicted molar refractivity (Wildman–Crippen MR) is 97.2 cm³/mol. The third kappa shape index (κ3) is 4.24. The second-order valence-corrected chi connectivity index (χ2v) is 6.18. The molecule has 7 heteroatoms. The van der Waals surface area contributed by atoms with E-state index in [0.717, 1.165) is 11.3 Å². The minimum atomic E-state index is -0.184. The van der Waals surface area contributed by atoms with E-state index in [2.05, 4.69) is 20.4 Å². The molecule has 1 atom stereocenters. The van der Waals surface area contributed by atoms with Gasteiger partial charge in [0.25, 0.3) is 5.91 Å². The van der Waals surface area contributed by atoms with Crippen LogP contribution in [0.2, 0.25) is 0 Å². The Hall–Kier alpha value is -3.22. The van der Waals surface area contributed by atoms with Crippen LogP contribution in [0.25, 0.3) is 5.82 Å². The maximum atomic E-state index is 12.6. The van der Waals surface area contributed by atoms with Gasteiger partial charge in [0.15, 0.2) is 5.82 Å². The van der Waals surface area contributed by atoms with Crippen molar-refractivity contribution in [1.29, 1.82) is 0 Å². The maximum Gasteiger partial charge on any atom is 0.251 e. The number of rotatable bonds is 6. The third-order valence-corrected chi connectivity index (χ3v) is 3.74. The van der Waals surface area contributed by atoms with E-state index in [1.165, 1.54) is 17.3 Å². The van der Waals surface area contributed by atoms with Gasteiger partial charge in [-0.25, -0.2) is 14.6 Å². The van der Waals surface area contributed by atoms with E-state index in [9.17, 15) is 4.79 Å². The zero-order chi connectivity index (χ0) is 18.5. The van der Waals surface area contributed by atoms with Crippen LogP contribution in [0, 0.1) is 0 Å². The Morgan fingerprint density at radius 3 is 2.77 bits per heavy atom. The van der Waals surface area contributed by atoms with Crippen LogP contribution in [0.4, 0.5) is 0 Å². The molecule has 0 aliphatic rings. The number of carbonyl (C=O) groups excluding carboxylic acids is 1. The van der Waals surface area contributed by atoms with Gasteiger partial charge >= 0.3 is 0 Å². The fraction of sp³-hybridized carbons (Fsp3) is 0.263. The highest BCUT2D eigenvalue weighted by Crippen LogP contribution is 2.20. The molecule has 0 fully saturated rings. The van der Waals surface area contributed by atoms with Gasteiger partial charge in [-0.3, -0.25) is 4.79 Å². The first-order valence-electron chi connectivity index (χ1n) is 8.41. The van der Waals surface area contributed by atoms with Gasteiger partial charge in [-0.2, -0.15) is 5.10 Å². The first kappa shape index (κ1) is 17.6. The van der Waals surface area contributed by atoms with Gasteiger partial charge in [0.1, 0.15) is 18.4 Å². The van der Waals surface area contributed by atoms with Gasteiger partial charge in [0, 0.05) is 11.8 Å². The van der Waals surface area contributed by atoms with Crippen molar-refractivity contribution in [1.82, 2.24) is 25.1 Å². The van der Waals surface area contributed by atoms with Crippen molar-refractivity contribution in [2.45, 2.75) is 32.9 Å². The number of carbonyl (C=O) groups is 1. The molecule has 1 aromatic carbocycles. The maximum absolute atomic E-state index is 12.6. The number of pyridine rings is 1. The number of nitrogens with one attached hydrogen (secondary N) is 1. The molecule has 1 N–H and O–H groups in total. The summed E-state index contributed by atoms with van der Waals surface area (Å²) < 4.78 is 7.22. The van der Waals surface area contributed by atoms with E-state index in [1.807, 2.05) is 45.0 Å². The Balaban J connectivity index is 1.73. The number of ether oxygens (including phenoxy) is 1. The largest absolute Gasteiger partial charge is 0.491 e. The summed E-state index contributed by atoms with van der Waals surface area (Å²) >= 11 is 0. The normalized spacial score (nSPS) is 12.0. The molecule has 0 saturated heterocycles. The summed E-state index contributed by atoms with van der Waals surface area (Å²) in [7, 11) is 0. The van der Waals surface area contributed by atoms with E-state index in [1.54, 1.807) is 18.3 Å². The molecule has 1 unspecified atom stereocenters. The topological polar surface area (TPSA) is 81.9 Å². The van der Waals surface area contributed by atoms with Crippen molar-refractivity contribution in [3.63, 3.8) is 0 Å². The molecule has 0 aliphatic heterocycles. The second kappa shape index (κ2) is 7.77. The molecule has 0 saturated carbocycles. The summed E-state index contributed by atoms with van der Waals surface area (Å²) in [5.41, 5.74) is 1.48. The first-order valence-corrected chi connectivity index (χ1v) is 8.41. The summed E-state index contributed by atoms with van der Waals surface area (Å²) in [6, 6.07) is 10.9. The molecule has 0 radical (unpaired) electrons. The summed E-state index contributed by atoms with van der Waals surface area (Å²) in [4.78, 5) is 20.7. The Morgan fingerprint density at radius 2 is 2.04 bits per heavy atom. The van der Waals surface area contributed by atoms with Crippen molar-refractivity contribution >= 4 is 5.91 Å². The highest BCUT2D eigenvalue weighted by atomic mass is 16.5. The first-order chi connectivity index (χ1) is 12.5. The summed E-state index contributed by atoms with van der Waals surface area (Å²) in [6.07, 6.45) is 4.63. The average Bonchev–Trinajstić information content (AvgIpc) is 3.16. The van der Waals surface area contributed by atoms with Crippen molar-refractivity contribution in [3.05, 3.63) is 66.4 Å². The smallest absolute Gasteiger partial charge is 0.251 e. The molecule has 134 valence electrons. The summed E-state index contributed by atoms with van der Waals surface area (Å²) in [5, 5.41) is 7.02. The molecule has 0 bridgehead atoms. The molecular weight excluding hydrogens is 330 g/mol. The van der Waals surface area contributed by atoms with Crippen LogP contribution >= 0.6 is 0 Å². The number of hydrogen-bond acceptors (Lipinski definition) is 5. The number of aromatic nitrogens is 4. The van der Waals surface area contributed by atoms with E-state index < -0.39 is 0 Å². The molecule has 0 spiro atoms. The van der Waals surface area contributed by atoms with Crippen molar-refractivity contribution in [2.75, 3.05) is 0 Å². The van der Waals surface area contributed by atoms with E-state index in [-0.39, 0.29) is 18.1 Å². The van der Waals surface area contributed by atoms with Crippen LogP contribution in [0.15, 0.2) is 55.2 Å². The fourth-order valence-corrected chi connectivity index (χ4v) is 2.50. The minimum Gasteiger partial charge on any atom is -0.491 e. The molecule has 2 heterocycles. The van der Waals surface area contributed by atoms with Gasteiger partial charge in [0.05, 0.1) is 12.1 Å². The lowest BCUT2D eigenvalue weighted by Crippen LogP contribution is -2.26. The number of hydrogen-bond donors (Lipinski definition) is 1. The SMILES string of the molecule is CC(C)Oc1cccc(C(C)NC(=O)c2ccnc(-n3cncn3)c2)c1. The van der Waals surface area contributed by atoms with Gasteiger partial charge < -0.3 is 10.1 Å². The molecule has 1 amide bonds. The lowest BCUT2D eigenvalue weighted by molar-refractivity contribution is 0.0939. The number of benzene rings is 1. The molecule has 0 aliphatic carbocycles. The van der Waals surface area contributed by atoms with Gasteiger partial charge in [-0.05, 0) is 50.6 Å². The standard InChI is InChI=1S/C19H21N5O2/c1-13(2)26-17-6-4-5-15(9-17)14(3)23-19(25)16-7-8-21-18(10-16)24-12-20-11-22-24/h4-14H,1-3H3,(H,23,25). The summed E-state index contributed by atoms with van der Waals surface area (Å²) in [5.74, 6) is 1.14. The fourth-order valence-electron chi connectivity index (χ4n) is 2.50. The predicted octanol–water partition coefficient (Wildman–Crippen LogP) is 2.94. The molecule has 3 rings (SSSR count). The highest BCUT2D eigenvalue weighted by molar-refractivity contribution is 5.94. The van der Waals surface area contributed by atoms with Crippen molar-refractivity contribution in [2.24, 2.45) is 0 Å². The zero-order valence-corrected chi connectivity index (χ0v) is 15.0. The molecule has 7 nitrogen and oxygen atoms in total. The number of amides is 1. The minimum absolute atomic E-state index is 0.0992. The van der Waals surface area contributed by atoms with Gasteiger partial charge in [-0.1, -0.05) is 12.1 Å². The van der Waals surface area contributed by atoms with Crippen molar-refractivity contribution < 1.29 is 9.53 Å². The lowest BCUT2D eigenvalue weighted by atomic mass is 10.1. The second-order valence-electron chi connectivity index (χ2n) is 6.18. The van der Waals surface area contributed by atoms with E-state index >= 15 is 0 Å². The highest BCUT2D eigenvalue weighted by Gasteiger charge is 2.13. The van der Waals surface area contributed by atoms with Crippen LogP contribution in [-0.4, -0.2) is 31.8 Å². The van der Waals surface area contributed by atoms with Crippen LogP contribution in [0.3, 0.4) is 0 Å². The Morgan fingerprint density at radius 1 is 1.19 bits per heavy atom. The van der Waals surface area contributed by atoms with Gasteiger partial charge in [-0.15, -0.1) is 0 Å². The van der Waals surface area contributed by atoms with Crippen LogP contribution < -0.4 is 10.1 Å². The number of nitrogens with zero attached hydrogens (tertiary/aromatic N) is 4. The quantitative estimate of drug-likeness (QED) is 0.738.